The summed E-state index contributed by atoms with van der Waals surface area (Å²) in [6.07, 6.45) is 6.26. The molecular weight excluding hydrogens is 352 g/mol. The van der Waals surface area contributed by atoms with Crippen LogP contribution in [0.2, 0.25) is 0 Å². The van der Waals surface area contributed by atoms with Crippen LogP contribution in [0.3, 0.4) is 0 Å². The second-order valence-corrected chi connectivity index (χ2v) is 7.70. The Morgan fingerprint density at radius 1 is 0.778 bits per heavy atom. The Kier molecular flexibility index (Phi) is 12.7. The van der Waals surface area contributed by atoms with Crippen molar-refractivity contribution in [2.75, 3.05) is 19.8 Å². The minimum absolute atomic E-state index is 0.114. The molecule has 0 aromatic heterocycles. The van der Waals surface area contributed by atoms with E-state index in [0.29, 0.717) is 6.61 Å². The largest absolute Gasteiger partial charge is 0.393 e. The number of hydrogen-bond acceptors (Lipinski definition) is 7. The molecule has 1 fully saturated rings. The van der Waals surface area contributed by atoms with Crippen molar-refractivity contribution in [1.29, 1.82) is 0 Å². The standard InChI is InChI=1S/C20H40O7/c1-2-3-4-5-6-7-8-9-10-11-13-26-14-12-20(15-21)18(24)16(22)17(23)19(25)27-20/h16-19,21-25H,2-15H2,1H3/t16-,17-,18+,19-,20-/m1/s1. The quantitative estimate of drug-likeness (QED) is 0.268. The van der Waals surface area contributed by atoms with Gasteiger partial charge in [0.15, 0.2) is 6.29 Å². The molecule has 27 heavy (non-hydrogen) atoms. The van der Waals surface area contributed by atoms with Gasteiger partial charge in [0, 0.05) is 19.6 Å². The highest BCUT2D eigenvalue weighted by Gasteiger charge is 2.52. The van der Waals surface area contributed by atoms with Gasteiger partial charge in [0.1, 0.15) is 23.9 Å². The van der Waals surface area contributed by atoms with Crippen molar-refractivity contribution in [2.24, 2.45) is 0 Å². The summed E-state index contributed by atoms with van der Waals surface area (Å²) in [5, 5.41) is 48.7. The van der Waals surface area contributed by atoms with Gasteiger partial charge in [-0.3, -0.25) is 0 Å². The van der Waals surface area contributed by atoms with Gasteiger partial charge in [0.05, 0.1) is 6.61 Å². The maximum absolute atomic E-state index is 10.1. The highest BCUT2D eigenvalue weighted by atomic mass is 16.7. The molecule has 0 bridgehead atoms. The predicted molar refractivity (Wildman–Crippen MR) is 102 cm³/mol. The molecule has 7 heteroatoms. The van der Waals surface area contributed by atoms with Crippen molar-refractivity contribution < 1.29 is 35.0 Å². The number of aliphatic hydroxyl groups is 5. The van der Waals surface area contributed by atoms with E-state index in [-0.39, 0.29) is 13.0 Å². The van der Waals surface area contributed by atoms with Crippen molar-refractivity contribution in [3.63, 3.8) is 0 Å². The molecule has 0 spiro atoms. The zero-order valence-corrected chi connectivity index (χ0v) is 16.8. The summed E-state index contributed by atoms with van der Waals surface area (Å²) in [7, 11) is 0. The highest BCUT2D eigenvalue weighted by molar-refractivity contribution is 4.99. The molecule has 0 amide bonds. The predicted octanol–water partition coefficient (Wildman–Crippen LogP) is 1.48. The molecule has 7 nitrogen and oxygen atoms in total. The van der Waals surface area contributed by atoms with Crippen LogP contribution < -0.4 is 0 Å². The van der Waals surface area contributed by atoms with E-state index in [4.69, 9.17) is 9.47 Å². The van der Waals surface area contributed by atoms with Crippen LogP contribution in [0.1, 0.15) is 77.6 Å². The van der Waals surface area contributed by atoms with E-state index in [9.17, 15) is 25.5 Å². The normalized spacial score (nSPS) is 31.3. The lowest BCUT2D eigenvalue weighted by atomic mass is 9.85. The molecule has 0 aliphatic carbocycles. The molecule has 1 aliphatic heterocycles. The first-order chi connectivity index (χ1) is 13.0. The summed E-state index contributed by atoms with van der Waals surface area (Å²) in [5.74, 6) is 0. The fraction of sp³-hybridized carbons (Fsp3) is 1.00. The Morgan fingerprint density at radius 3 is 1.89 bits per heavy atom. The Balaban J connectivity index is 2.08. The van der Waals surface area contributed by atoms with Crippen LogP contribution in [0.25, 0.3) is 0 Å². The van der Waals surface area contributed by atoms with Gasteiger partial charge < -0.3 is 35.0 Å². The average molecular weight is 393 g/mol. The number of unbranched alkanes of at least 4 members (excludes halogenated alkanes) is 9. The van der Waals surface area contributed by atoms with Crippen molar-refractivity contribution in [2.45, 2.75) is 108 Å². The second kappa shape index (κ2) is 13.8. The van der Waals surface area contributed by atoms with E-state index >= 15 is 0 Å². The molecule has 0 aromatic rings. The Labute approximate surface area is 163 Å². The number of rotatable bonds is 15. The van der Waals surface area contributed by atoms with Crippen molar-refractivity contribution in [3.05, 3.63) is 0 Å². The summed E-state index contributed by atoms with van der Waals surface area (Å²) < 4.78 is 10.7. The number of aliphatic hydroxyl groups excluding tert-OH is 5. The maximum atomic E-state index is 10.1. The van der Waals surface area contributed by atoms with Crippen molar-refractivity contribution in [3.8, 4) is 0 Å². The smallest absolute Gasteiger partial charge is 0.184 e. The van der Waals surface area contributed by atoms with Gasteiger partial charge in [-0.15, -0.1) is 0 Å². The summed E-state index contributed by atoms with van der Waals surface area (Å²) >= 11 is 0. The Bertz CT molecular complexity index is 368. The Morgan fingerprint density at radius 2 is 1.33 bits per heavy atom. The van der Waals surface area contributed by atoms with E-state index in [1.54, 1.807) is 0 Å². The van der Waals surface area contributed by atoms with Crippen molar-refractivity contribution >= 4 is 0 Å². The third-order valence-electron chi connectivity index (χ3n) is 5.44. The molecule has 0 saturated carbocycles. The molecule has 1 aliphatic rings. The first-order valence-corrected chi connectivity index (χ1v) is 10.6. The lowest BCUT2D eigenvalue weighted by molar-refractivity contribution is -0.329. The van der Waals surface area contributed by atoms with Crippen LogP contribution in [0, 0.1) is 0 Å². The van der Waals surface area contributed by atoms with Crippen molar-refractivity contribution in [1.82, 2.24) is 0 Å². The summed E-state index contributed by atoms with van der Waals surface area (Å²) in [4.78, 5) is 0. The Hall–Kier alpha value is -0.280. The molecular formula is C20H40O7. The van der Waals surface area contributed by atoms with Crippen LogP contribution in [0.5, 0.6) is 0 Å². The third kappa shape index (κ3) is 8.31. The van der Waals surface area contributed by atoms with E-state index in [1.807, 2.05) is 0 Å². The highest BCUT2D eigenvalue weighted by Crippen LogP contribution is 2.31. The minimum Gasteiger partial charge on any atom is -0.393 e. The fourth-order valence-corrected chi connectivity index (χ4v) is 3.50. The van der Waals surface area contributed by atoms with Crippen LogP contribution in [0.4, 0.5) is 0 Å². The van der Waals surface area contributed by atoms with Gasteiger partial charge in [-0.1, -0.05) is 64.7 Å². The molecule has 1 heterocycles. The van der Waals surface area contributed by atoms with Gasteiger partial charge in [-0.05, 0) is 6.42 Å². The van der Waals surface area contributed by atoms with E-state index < -0.39 is 36.8 Å². The molecule has 5 N–H and O–H groups in total. The summed E-state index contributed by atoms with van der Waals surface area (Å²) in [6, 6.07) is 0. The molecule has 1 saturated heterocycles. The summed E-state index contributed by atoms with van der Waals surface area (Å²) in [5.41, 5.74) is -1.53. The fourth-order valence-electron chi connectivity index (χ4n) is 3.50. The lowest BCUT2D eigenvalue weighted by Crippen LogP contribution is -2.66. The third-order valence-corrected chi connectivity index (χ3v) is 5.44. The lowest BCUT2D eigenvalue weighted by Gasteiger charge is -2.46. The maximum Gasteiger partial charge on any atom is 0.184 e. The van der Waals surface area contributed by atoms with E-state index in [2.05, 4.69) is 6.92 Å². The average Bonchev–Trinajstić information content (AvgIpc) is 2.67. The first kappa shape index (κ1) is 24.8. The van der Waals surface area contributed by atoms with Crippen LogP contribution in [-0.4, -0.2) is 75.6 Å². The monoisotopic (exact) mass is 392 g/mol. The van der Waals surface area contributed by atoms with Gasteiger partial charge in [0.2, 0.25) is 0 Å². The zero-order valence-electron chi connectivity index (χ0n) is 16.8. The molecule has 0 radical (unpaired) electrons. The number of ether oxygens (including phenoxy) is 2. The molecule has 5 atom stereocenters. The minimum atomic E-state index is -1.66. The molecule has 0 unspecified atom stereocenters. The topological polar surface area (TPSA) is 120 Å². The van der Waals surface area contributed by atoms with Gasteiger partial charge >= 0.3 is 0 Å². The van der Waals surface area contributed by atoms with Crippen LogP contribution in [0.15, 0.2) is 0 Å². The van der Waals surface area contributed by atoms with Crippen LogP contribution in [-0.2, 0) is 9.47 Å². The van der Waals surface area contributed by atoms with Crippen LogP contribution >= 0.6 is 0 Å². The summed E-state index contributed by atoms with van der Waals surface area (Å²) in [6.45, 7) is 2.45. The SMILES string of the molecule is CCCCCCCCCCCCOCC[C@]1(CO)O[C@@H](O)[C@H](O)[C@@H](O)[C@@H]1O. The number of hydrogen-bond donors (Lipinski definition) is 5. The first-order valence-electron chi connectivity index (χ1n) is 10.6. The van der Waals surface area contributed by atoms with E-state index in [1.165, 1.54) is 51.4 Å². The zero-order chi connectivity index (χ0) is 20.1. The second-order valence-electron chi connectivity index (χ2n) is 7.70. The van der Waals surface area contributed by atoms with E-state index in [0.717, 1.165) is 12.8 Å². The molecule has 162 valence electrons. The van der Waals surface area contributed by atoms with Gasteiger partial charge in [0.25, 0.3) is 0 Å². The van der Waals surface area contributed by atoms with Gasteiger partial charge in [-0.25, -0.2) is 0 Å². The molecule has 1 rings (SSSR count). The van der Waals surface area contributed by atoms with Gasteiger partial charge in [-0.2, -0.15) is 0 Å². The molecule has 0 aromatic carbocycles.